The quantitative estimate of drug-likeness (QED) is 0.463. The molecule has 2 aromatic rings. The van der Waals surface area contributed by atoms with Gasteiger partial charge in [-0.25, -0.2) is 4.79 Å². The Bertz CT molecular complexity index is 994. The summed E-state index contributed by atoms with van der Waals surface area (Å²) in [6.45, 7) is 1.41. The van der Waals surface area contributed by atoms with Gasteiger partial charge in [0.2, 0.25) is 0 Å². The first-order chi connectivity index (χ1) is 13.8. The van der Waals surface area contributed by atoms with Crippen LogP contribution in [0.5, 0.6) is 0 Å². The second kappa shape index (κ2) is 9.72. The minimum atomic E-state index is -1.11. The van der Waals surface area contributed by atoms with E-state index < -0.39 is 18.0 Å². The summed E-state index contributed by atoms with van der Waals surface area (Å²) >= 11 is 0. The number of nitrogens with zero attached hydrogens (tertiary/aromatic N) is 3. The van der Waals surface area contributed by atoms with E-state index in [9.17, 15) is 14.9 Å². The molecule has 0 heterocycles. The Balaban J connectivity index is 2.02. The summed E-state index contributed by atoms with van der Waals surface area (Å²) in [7, 11) is 3.82. The smallest absolute Gasteiger partial charge is 0.349 e. The van der Waals surface area contributed by atoms with Crippen molar-refractivity contribution >= 4 is 29.3 Å². The molecule has 0 aliphatic rings. The van der Waals surface area contributed by atoms with Crippen molar-refractivity contribution in [1.82, 2.24) is 0 Å². The van der Waals surface area contributed by atoms with Crippen molar-refractivity contribution < 1.29 is 14.3 Å². The molecule has 0 unspecified atom stereocenters. The predicted molar refractivity (Wildman–Crippen MR) is 110 cm³/mol. The molecule has 2 aromatic carbocycles. The van der Waals surface area contributed by atoms with Gasteiger partial charge in [0, 0.05) is 25.5 Å². The maximum atomic E-state index is 12.3. The Morgan fingerprint density at radius 1 is 1.07 bits per heavy atom. The fourth-order valence-corrected chi connectivity index (χ4v) is 2.32. The molecule has 1 amide bonds. The van der Waals surface area contributed by atoms with Crippen LogP contribution in [0.1, 0.15) is 18.1 Å². The average molecular weight is 388 g/mol. The number of benzene rings is 2. The fraction of sp³-hybridized carbons (Fsp3) is 0.182. The second-order valence-corrected chi connectivity index (χ2v) is 6.38. The number of anilines is 2. The lowest BCUT2D eigenvalue weighted by Crippen LogP contribution is -2.30. The normalized spacial score (nSPS) is 11.6. The van der Waals surface area contributed by atoms with E-state index in [0.29, 0.717) is 16.8 Å². The number of rotatable bonds is 6. The summed E-state index contributed by atoms with van der Waals surface area (Å²) in [5.74, 6) is -1.43. The van der Waals surface area contributed by atoms with Gasteiger partial charge in [-0.05, 0) is 55.0 Å². The number of nitrogens with one attached hydrogen (secondary N) is 1. The van der Waals surface area contributed by atoms with Gasteiger partial charge in [0.15, 0.2) is 6.10 Å². The molecule has 0 fully saturated rings. The van der Waals surface area contributed by atoms with Gasteiger partial charge in [-0.15, -0.1) is 0 Å². The highest BCUT2D eigenvalue weighted by atomic mass is 16.5. The van der Waals surface area contributed by atoms with Gasteiger partial charge in [-0.1, -0.05) is 12.1 Å². The molecule has 29 heavy (non-hydrogen) atoms. The Morgan fingerprint density at radius 2 is 1.69 bits per heavy atom. The summed E-state index contributed by atoms with van der Waals surface area (Å²) in [5, 5.41) is 20.7. The van der Waals surface area contributed by atoms with Crippen LogP contribution < -0.4 is 10.2 Å². The number of ether oxygens (including phenoxy) is 1. The summed E-state index contributed by atoms with van der Waals surface area (Å²) in [5.41, 5.74) is 2.37. The van der Waals surface area contributed by atoms with Crippen LogP contribution in [-0.4, -0.2) is 32.1 Å². The Morgan fingerprint density at radius 3 is 2.21 bits per heavy atom. The van der Waals surface area contributed by atoms with Crippen LogP contribution in [0, 0.1) is 22.7 Å². The van der Waals surface area contributed by atoms with E-state index in [4.69, 9.17) is 10.00 Å². The number of amides is 1. The zero-order valence-corrected chi connectivity index (χ0v) is 16.3. The summed E-state index contributed by atoms with van der Waals surface area (Å²) in [6.07, 6.45) is 0.304. The van der Waals surface area contributed by atoms with Crippen LogP contribution >= 0.6 is 0 Å². The molecule has 7 nitrogen and oxygen atoms in total. The summed E-state index contributed by atoms with van der Waals surface area (Å²) in [6, 6.07) is 17.3. The number of nitriles is 2. The highest BCUT2D eigenvalue weighted by Crippen LogP contribution is 2.16. The summed E-state index contributed by atoms with van der Waals surface area (Å²) in [4.78, 5) is 26.4. The van der Waals surface area contributed by atoms with Crippen molar-refractivity contribution in [1.29, 1.82) is 10.5 Å². The fourth-order valence-electron chi connectivity index (χ4n) is 2.32. The number of hydrogen-bond donors (Lipinski definition) is 1. The van der Waals surface area contributed by atoms with E-state index in [1.807, 2.05) is 43.3 Å². The Labute approximate surface area is 169 Å². The maximum Gasteiger partial charge on any atom is 0.349 e. The Kier molecular flexibility index (Phi) is 7.11. The second-order valence-electron chi connectivity index (χ2n) is 6.38. The Hall–Kier alpha value is -4.10. The highest BCUT2D eigenvalue weighted by molar-refractivity contribution is 6.01. The van der Waals surface area contributed by atoms with E-state index in [1.54, 1.807) is 36.4 Å². The third kappa shape index (κ3) is 5.95. The molecule has 1 atom stereocenters. The average Bonchev–Trinajstić information content (AvgIpc) is 2.72. The van der Waals surface area contributed by atoms with Crippen LogP contribution in [0.2, 0.25) is 0 Å². The molecule has 146 valence electrons. The number of carbonyl (C=O) groups excluding carboxylic acids is 2. The minimum absolute atomic E-state index is 0.208. The van der Waals surface area contributed by atoms with E-state index in [0.717, 1.165) is 5.69 Å². The van der Waals surface area contributed by atoms with Crippen molar-refractivity contribution in [2.24, 2.45) is 0 Å². The highest BCUT2D eigenvalue weighted by Gasteiger charge is 2.20. The topological polar surface area (TPSA) is 106 Å². The number of esters is 1. The van der Waals surface area contributed by atoms with E-state index in [1.165, 1.54) is 13.0 Å². The van der Waals surface area contributed by atoms with Gasteiger partial charge in [0.05, 0.1) is 11.6 Å². The minimum Gasteiger partial charge on any atom is -0.448 e. The van der Waals surface area contributed by atoms with E-state index >= 15 is 0 Å². The van der Waals surface area contributed by atoms with Gasteiger partial charge in [-0.3, -0.25) is 4.79 Å². The molecule has 0 bridgehead atoms. The summed E-state index contributed by atoms with van der Waals surface area (Å²) < 4.78 is 5.11. The van der Waals surface area contributed by atoms with Crippen molar-refractivity contribution in [2.75, 3.05) is 24.3 Å². The van der Waals surface area contributed by atoms with Crippen molar-refractivity contribution in [3.63, 3.8) is 0 Å². The lowest BCUT2D eigenvalue weighted by molar-refractivity contribution is -0.148. The molecule has 2 rings (SSSR count). The van der Waals surface area contributed by atoms with Gasteiger partial charge in [0.1, 0.15) is 11.6 Å². The molecule has 0 saturated heterocycles. The standard InChI is InChI=1S/C22H20N4O3/c1-15(21(27)25-19-8-4-17(13-23)5-9-19)29-22(28)18(14-24)12-16-6-10-20(11-7-16)26(2)3/h4-12,15H,1-3H3,(H,25,27)/b18-12+/t15-/m0/s1. The van der Waals surface area contributed by atoms with Gasteiger partial charge < -0.3 is 15.0 Å². The molecule has 7 heteroatoms. The molecule has 0 aliphatic heterocycles. The van der Waals surface area contributed by atoms with Crippen molar-refractivity contribution in [3.8, 4) is 12.1 Å². The molecular formula is C22H20N4O3. The monoisotopic (exact) mass is 388 g/mol. The van der Waals surface area contributed by atoms with E-state index in [2.05, 4.69) is 5.32 Å². The molecule has 0 radical (unpaired) electrons. The van der Waals surface area contributed by atoms with E-state index in [-0.39, 0.29) is 5.57 Å². The molecule has 1 N–H and O–H groups in total. The number of hydrogen-bond acceptors (Lipinski definition) is 6. The first-order valence-electron chi connectivity index (χ1n) is 8.75. The zero-order valence-electron chi connectivity index (χ0n) is 16.3. The first kappa shape index (κ1) is 21.2. The maximum absolute atomic E-state index is 12.3. The lowest BCUT2D eigenvalue weighted by atomic mass is 10.1. The third-order valence-electron chi connectivity index (χ3n) is 4.00. The number of carbonyl (C=O) groups is 2. The van der Waals surface area contributed by atoms with Crippen molar-refractivity contribution in [2.45, 2.75) is 13.0 Å². The van der Waals surface area contributed by atoms with Crippen LogP contribution in [0.3, 0.4) is 0 Å². The third-order valence-corrected chi connectivity index (χ3v) is 4.00. The first-order valence-corrected chi connectivity index (χ1v) is 8.75. The SMILES string of the molecule is C[C@H](OC(=O)/C(C#N)=C/c1ccc(N(C)C)cc1)C(=O)Nc1ccc(C#N)cc1. The van der Waals surface area contributed by atoms with Crippen LogP contribution in [0.25, 0.3) is 6.08 Å². The van der Waals surface area contributed by atoms with Gasteiger partial charge in [0.25, 0.3) is 5.91 Å². The van der Waals surface area contributed by atoms with Crippen LogP contribution in [-0.2, 0) is 14.3 Å². The van der Waals surface area contributed by atoms with Gasteiger partial charge in [-0.2, -0.15) is 10.5 Å². The predicted octanol–water partition coefficient (Wildman–Crippen LogP) is 3.10. The largest absolute Gasteiger partial charge is 0.448 e. The van der Waals surface area contributed by atoms with Crippen LogP contribution in [0.15, 0.2) is 54.1 Å². The lowest BCUT2D eigenvalue weighted by Gasteiger charge is -2.13. The molecular weight excluding hydrogens is 368 g/mol. The molecule has 0 spiro atoms. The molecule has 0 saturated carbocycles. The molecule has 0 aliphatic carbocycles. The van der Waals surface area contributed by atoms with Gasteiger partial charge >= 0.3 is 5.97 Å². The van der Waals surface area contributed by atoms with Crippen molar-refractivity contribution in [3.05, 3.63) is 65.2 Å². The molecule has 0 aromatic heterocycles. The van der Waals surface area contributed by atoms with Crippen LogP contribution in [0.4, 0.5) is 11.4 Å². The zero-order chi connectivity index (χ0) is 21.4.